The summed E-state index contributed by atoms with van der Waals surface area (Å²) in [5.74, 6) is -0.841. The SMILES string of the molecule is CO[C@@H]1[C@H]2OC(C)(C)O[C@H]2O[C@@H]1[C@@H](COS(=O)(=O)c1c(C(C)C)cc(C(C)C)cc1C(C)C)OC1CC(=O)N1. The lowest BCUT2D eigenvalue weighted by molar-refractivity contribution is -0.239. The number of benzene rings is 1. The molecule has 0 radical (unpaired) electrons. The molecule has 10 nitrogen and oxygen atoms in total. The molecule has 3 heterocycles. The molecule has 3 fully saturated rings. The quantitative estimate of drug-likeness (QED) is 0.313. The Morgan fingerprint density at radius 1 is 1.03 bits per heavy atom. The maximum atomic E-state index is 13.9. The number of hydrogen-bond donors (Lipinski definition) is 1. The van der Waals surface area contributed by atoms with E-state index in [0.29, 0.717) is 0 Å². The summed E-state index contributed by atoms with van der Waals surface area (Å²) in [6.45, 7) is 15.3. The normalized spacial score (nSPS) is 29.1. The minimum Gasteiger partial charge on any atom is -0.376 e. The predicted octanol–water partition coefficient (Wildman–Crippen LogP) is 3.88. The summed E-state index contributed by atoms with van der Waals surface area (Å²) >= 11 is 0. The van der Waals surface area contributed by atoms with E-state index in [2.05, 4.69) is 19.2 Å². The van der Waals surface area contributed by atoms with Crippen molar-refractivity contribution in [3.05, 3.63) is 28.8 Å². The van der Waals surface area contributed by atoms with E-state index in [1.165, 1.54) is 7.11 Å². The van der Waals surface area contributed by atoms with Crippen molar-refractivity contribution in [2.24, 2.45) is 0 Å². The van der Waals surface area contributed by atoms with E-state index in [9.17, 15) is 13.2 Å². The van der Waals surface area contributed by atoms with Crippen molar-refractivity contribution in [3.8, 4) is 0 Å². The molecule has 0 bridgehead atoms. The van der Waals surface area contributed by atoms with Crippen LogP contribution in [-0.2, 0) is 42.8 Å². The smallest absolute Gasteiger partial charge is 0.297 e. The van der Waals surface area contributed by atoms with E-state index in [0.717, 1.165) is 16.7 Å². The van der Waals surface area contributed by atoms with Crippen LogP contribution in [0.3, 0.4) is 0 Å². The van der Waals surface area contributed by atoms with Gasteiger partial charge in [0.1, 0.15) is 35.5 Å². The van der Waals surface area contributed by atoms with Crippen molar-refractivity contribution < 1.29 is 41.1 Å². The topological polar surface area (TPSA) is 119 Å². The fraction of sp³-hybridized carbons (Fsp3) is 0.750. The number of fused-ring (bicyclic) bond motifs is 1. The Balaban J connectivity index is 1.63. The molecule has 11 heteroatoms. The van der Waals surface area contributed by atoms with Crippen LogP contribution in [-0.4, -0.2) is 70.8 Å². The molecule has 1 unspecified atom stereocenters. The fourth-order valence-corrected chi connectivity index (χ4v) is 6.89. The van der Waals surface area contributed by atoms with Crippen LogP contribution in [0, 0.1) is 0 Å². The molecule has 39 heavy (non-hydrogen) atoms. The average molecular weight is 570 g/mol. The van der Waals surface area contributed by atoms with Crippen LogP contribution in [0.1, 0.15) is 96.3 Å². The maximum Gasteiger partial charge on any atom is 0.297 e. The Labute approximate surface area is 232 Å². The first kappa shape index (κ1) is 30.4. The molecular weight excluding hydrogens is 526 g/mol. The molecule has 3 saturated heterocycles. The summed E-state index contributed by atoms with van der Waals surface area (Å²) in [6, 6.07) is 3.93. The molecule has 1 aromatic rings. The standard InChI is InChI=1S/C28H43NO9S/c1-14(2)17-10-18(15(3)4)26(19(11-17)16(5)6)39(31,32)34-13-20(35-22-12-21(30)29-22)23-24(33-9)25-27(36-23)38-28(7,8)37-25/h10-11,14-16,20,22-25,27H,12-13H2,1-9H3,(H,29,30)/t20-,22?,23-,24+,25-,27-/m1/s1. The van der Waals surface area contributed by atoms with Crippen LogP contribution in [0.15, 0.2) is 17.0 Å². The Hall–Kier alpha value is -1.60. The zero-order chi connectivity index (χ0) is 28.9. The average Bonchev–Trinajstić information content (AvgIpc) is 3.30. The lowest BCUT2D eigenvalue weighted by Gasteiger charge is -2.35. The third-order valence-electron chi connectivity index (χ3n) is 7.41. The zero-order valence-electron chi connectivity index (χ0n) is 24.3. The Kier molecular flexibility index (Phi) is 8.83. The molecule has 6 atom stereocenters. The molecule has 4 rings (SSSR count). The number of carbonyl (C=O) groups excluding carboxylic acids is 1. The predicted molar refractivity (Wildman–Crippen MR) is 143 cm³/mol. The van der Waals surface area contributed by atoms with Gasteiger partial charge in [-0.05, 0) is 48.3 Å². The van der Waals surface area contributed by atoms with Crippen molar-refractivity contribution in [1.29, 1.82) is 0 Å². The van der Waals surface area contributed by atoms with Crippen LogP contribution in [0.5, 0.6) is 0 Å². The summed E-state index contributed by atoms with van der Waals surface area (Å²) < 4.78 is 63.3. The lowest BCUT2D eigenvalue weighted by atomic mass is 9.89. The highest BCUT2D eigenvalue weighted by atomic mass is 32.2. The van der Waals surface area contributed by atoms with Gasteiger partial charge in [0.15, 0.2) is 12.1 Å². The van der Waals surface area contributed by atoms with Gasteiger partial charge in [-0.1, -0.05) is 53.7 Å². The summed E-state index contributed by atoms with van der Waals surface area (Å²) in [6.07, 6.45) is -3.92. The minimum absolute atomic E-state index is 0.0418. The van der Waals surface area contributed by atoms with E-state index >= 15 is 0 Å². The number of nitrogens with one attached hydrogen (secondary N) is 1. The van der Waals surface area contributed by atoms with Crippen LogP contribution in [0.4, 0.5) is 0 Å². The van der Waals surface area contributed by atoms with Crippen LogP contribution in [0.25, 0.3) is 0 Å². The van der Waals surface area contributed by atoms with Gasteiger partial charge < -0.3 is 29.0 Å². The first-order valence-corrected chi connectivity index (χ1v) is 15.1. The molecule has 3 aliphatic heterocycles. The van der Waals surface area contributed by atoms with Crippen LogP contribution < -0.4 is 5.32 Å². The molecule has 0 spiro atoms. The first-order chi connectivity index (χ1) is 18.1. The third-order valence-corrected chi connectivity index (χ3v) is 8.83. The van der Waals surface area contributed by atoms with E-state index in [1.54, 1.807) is 13.8 Å². The van der Waals surface area contributed by atoms with Crippen molar-refractivity contribution in [2.45, 2.75) is 127 Å². The first-order valence-electron chi connectivity index (χ1n) is 13.7. The molecule has 3 aliphatic rings. The largest absolute Gasteiger partial charge is 0.376 e. The van der Waals surface area contributed by atoms with Gasteiger partial charge in [-0.3, -0.25) is 8.98 Å². The molecule has 1 aromatic carbocycles. The maximum absolute atomic E-state index is 13.9. The number of rotatable bonds is 11. The highest BCUT2D eigenvalue weighted by Gasteiger charge is 2.57. The summed E-state index contributed by atoms with van der Waals surface area (Å²) in [5.41, 5.74) is 2.53. The highest BCUT2D eigenvalue weighted by Crippen LogP contribution is 2.41. The number of hydrogen-bond acceptors (Lipinski definition) is 9. The van der Waals surface area contributed by atoms with Gasteiger partial charge in [0, 0.05) is 7.11 Å². The summed E-state index contributed by atoms with van der Waals surface area (Å²) in [5, 5.41) is 2.66. The molecule has 0 saturated carbocycles. The number of amides is 1. The van der Waals surface area contributed by atoms with Gasteiger partial charge in [0.25, 0.3) is 10.1 Å². The van der Waals surface area contributed by atoms with Crippen molar-refractivity contribution in [1.82, 2.24) is 5.32 Å². The Bertz CT molecular complexity index is 1130. The van der Waals surface area contributed by atoms with Crippen molar-refractivity contribution >= 4 is 16.0 Å². The van der Waals surface area contributed by atoms with E-state index in [4.69, 9.17) is 27.9 Å². The van der Waals surface area contributed by atoms with Gasteiger partial charge in [-0.25, -0.2) is 0 Å². The van der Waals surface area contributed by atoms with Gasteiger partial charge >= 0.3 is 0 Å². The van der Waals surface area contributed by atoms with Gasteiger partial charge in [0.2, 0.25) is 5.91 Å². The second kappa shape index (κ2) is 11.3. The number of β-lactam (4-membered cyclic amide) rings is 1. The van der Waals surface area contributed by atoms with E-state index in [-0.39, 0.29) is 41.6 Å². The van der Waals surface area contributed by atoms with Crippen molar-refractivity contribution in [2.75, 3.05) is 13.7 Å². The molecule has 0 aliphatic carbocycles. The number of ether oxygens (including phenoxy) is 5. The summed E-state index contributed by atoms with van der Waals surface area (Å²) in [7, 11) is -2.68. The molecule has 0 aromatic heterocycles. The summed E-state index contributed by atoms with van der Waals surface area (Å²) in [4.78, 5) is 11.7. The highest BCUT2D eigenvalue weighted by molar-refractivity contribution is 7.86. The zero-order valence-corrected chi connectivity index (χ0v) is 25.2. The molecule has 1 N–H and O–H groups in total. The van der Waals surface area contributed by atoms with Crippen molar-refractivity contribution in [3.63, 3.8) is 0 Å². The van der Waals surface area contributed by atoms with Gasteiger partial charge in [0.05, 0.1) is 13.0 Å². The monoisotopic (exact) mass is 569 g/mol. The number of methoxy groups -OCH3 is 1. The molecule has 220 valence electrons. The second-order valence-electron chi connectivity index (χ2n) is 11.9. The van der Waals surface area contributed by atoms with Gasteiger partial charge in [-0.2, -0.15) is 8.42 Å². The lowest BCUT2D eigenvalue weighted by Crippen LogP contribution is -2.55. The van der Waals surface area contributed by atoms with E-state index in [1.807, 2.05) is 39.8 Å². The van der Waals surface area contributed by atoms with Crippen LogP contribution >= 0.6 is 0 Å². The van der Waals surface area contributed by atoms with E-state index < -0.39 is 52.8 Å². The molecule has 1 amide bonds. The number of carbonyl (C=O) groups is 1. The third kappa shape index (κ3) is 6.34. The Morgan fingerprint density at radius 3 is 2.10 bits per heavy atom. The second-order valence-corrected chi connectivity index (χ2v) is 13.5. The minimum atomic E-state index is -4.20. The van der Waals surface area contributed by atoms with Crippen LogP contribution in [0.2, 0.25) is 0 Å². The van der Waals surface area contributed by atoms with Gasteiger partial charge in [-0.15, -0.1) is 0 Å². The fourth-order valence-electron chi connectivity index (χ4n) is 5.30. The Morgan fingerprint density at radius 2 is 1.62 bits per heavy atom. The molecular formula is C28H43NO9S.